The second-order valence-corrected chi connectivity index (χ2v) is 4.82. The quantitative estimate of drug-likeness (QED) is 0.788. The molecule has 0 aliphatic rings. The van der Waals surface area contributed by atoms with Gasteiger partial charge >= 0.3 is 0 Å². The number of aromatic hydroxyl groups is 1. The van der Waals surface area contributed by atoms with Crippen LogP contribution in [0.15, 0.2) is 18.3 Å². The average Bonchev–Trinajstić information content (AvgIpc) is 2.20. The Morgan fingerprint density at radius 3 is 2.56 bits per heavy atom. The largest absolute Gasteiger partial charge is 0.506 e. The highest BCUT2D eigenvalue weighted by Gasteiger charge is 2.19. The van der Waals surface area contributed by atoms with E-state index in [2.05, 4.69) is 43.1 Å². The molecule has 90 valence electrons. The van der Waals surface area contributed by atoms with Crippen molar-refractivity contribution >= 4 is 0 Å². The summed E-state index contributed by atoms with van der Waals surface area (Å²) in [5, 5.41) is 12.5. The van der Waals surface area contributed by atoms with Crippen LogP contribution in [0.25, 0.3) is 0 Å². The number of pyridine rings is 1. The Bertz CT molecular complexity index is 320. The van der Waals surface area contributed by atoms with Crippen molar-refractivity contribution in [3.63, 3.8) is 0 Å². The Balaban J connectivity index is 2.39. The first kappa shape index (κ1) is 12.9. The van der Waals surface area contributed by atoms with Crippen LogP contribution in [-0.4, -0.2) is 41.2 Å². The van der Waals surface area contributed by atoms with Gasteiger partial charge in [-0.1, -0.05) is 0 Å². The normalized spacial score (nSPS) is 12.1. The minimum atomic E-state index is 0.122. The lowest BCUT2D eigenvalue weighted by molar-refractivity contribution is 0.189. The first-order valence-electron chi connectivity index (χ1n) is 5.44. The van der Waals surface area contributed by atoms with Crippen LogP contribution < -0.4 is 5.32 Å². The van der Waals surface area contributed by atoms with E-state index in [1.165, 1.54) is 6.20 Å². The van der Waals surface area contributed by atoms with Crippen molar-refractivity contribution < 1.29 is 5.11 Å². The molecule has 0 aliphatic heterocycles. The molecule has 0 saturated heterocycles. The van der Waals surface area contributed by atoms with Crippen molar-refractivity contribution in [2.24, 2.45) is 0 Å². The molecule has 0 radical (unpaired) electrons. The van der Waals surface area contributed by atoms with Crippen LogP contribution in [0.4, 0.5) is 0 Å². The van der Waals surface area contributed by atoms with E-state index >= 15 is 0 Å². The molecule has 0 amide bonds. The molecule has 0 unspecified atom stereocenters. The highest BCUT2D eigenvalue weighted by molar-refractivity contribution is 5.17. The number of nitrogens with zero attached hydrogens (tertiary/aromatic N) is 2. The molecule has 0 fully saturated rings. The van der Waals surface area contributed by atoms with E-state index in [-0.39, 0.29) is 11.3 Å². The maximum atomic E-state index is 9.09. The van der Waals surface area contributed by atoms with Crippen molar-refractivity contribution in [2.75, 3.05) is 20.6 Å². The number of aromatic nitrogens is 1. The summed E-state index contributed by atoms with van der Waals surface area (Å²) in [5.74, 6) is 0.206. The predicted octanol–water partition coefficient (Wildman–Crippen LogP) is 1.22. The molecule has 4 nitrogen and oxygen atoms in total. The van der Waals surface area contributed by atoms with Crippen LogP contribution in [0, 0.1) is 0 Å². The number of likely N-dealkylation sites (N-methyl/N-ethyl adjacent to an activating group) is 1. The smallest absolute Gasteiger partial charge is 0.133 e. The summed E-state index contributed by atoms with van der Waals surface area (Å²) in [6.07, 6.45) is 1.47. The minimum Gasteiger partial charge on any atom is -0.506 e. The van der Waals surface area contributed by atoms with Crippen LogP contribution >= 0.6 is 0 Å². The number of hydrogen-bond donors (Lipinski definition) is 2. The Morgan fingerprint density at radius 1 is 1.38 bits per heavy atom. The number of hydrogen-bond acceptors (Lipinski definition) is 4. The molecular formula is C12H21N3O. The van der Waals surface area contributed by atoms with Crippen molar-refractivity contribution in [1.82, 2.24) is 15.2 Å². The van der Waals surface area contributed by atoms with E-state index in [1.54, 1.807) is 6.07 Å². The SMILES string of the molecule is CN(C)C(C)(C)CNCc1ccc(O)cn1. The molecule has 1 aromatic rings. The minimum absolute atomic E-state index is 0.122. The van der Waals surface area contributed by atoms with Gasteiger partial charge in [-0.3, -0.25) is 4.98 Å². The van der Waals surface area contributed by atoms with Gasteiger partial charge in [-0.05, 0) is 40.1 Å². The lowest BCUT2D eigenvalue weighted by Crippen LogP contribution is -2.46. The van der Waals surface area contributed by atoms with Crippen molar-refractivity contribution in [3.8, 4) is 5.75 Å². The van der Waals surface area contributed by atoms with Crippen LogP contribution in [-0.2, 0) is 6.54 Å². The van der Waals surface area contributed by atoms with Gasteiger partial charge in [-0.15, -0.1) is 0 Å². The second-order valence-electron chi connectivity index (χ2n) is 4.82. The monoisotopic (exact) mass is 223 g/mol. The van der Waals surface area contributed by atoms with E-state index in [0.29, 0.717) is 0 Å². The average molecular weight is 223 g/mol. The topological polar surface area (TPSA) is 48.4 Å². The van der Waals surface area contributed by atoms with Crippen molar-refractivity contribution in [1.29, 1.82) is 0 Å². The standard InChI is InChI=1S/C12H21N3O/c1-12(2,15(3)4)9-13-7-10-5-6-11(16)8-14-10/h5-6,8,13,16H,7,9H2,1-4H3. The van der Waals surface area contributed by atoms with Gasteiger partial charge in [0, 0.05) is 18.6 Å². The van der Waals surface area contributed by atoms with Gasteiger partial charge in [-0.2, -0.15) is 0 Å². The fourth-order valence-electron chi connectivity index (χ4n) is 1.18. The van der Waals surface area contributed by atoms with E-state index in [9.17, 15) is 0 Å². The summed E-state index contributed by atoms with van der Waals surface area (Å²) in [5.41, 5.74) is 1.06. The van der Waals surface area contributed by atoms with Crippen LogP contribution in [0.5, 0.6) is 5.75 Å². The Kier molecular flexibility index (Phi) is 4.26. The van der Waals surface area contributed by atoms with Crippen LogP contribution in [0.1, 0.15) is 19.5 Å². The van der Waals surface area contributed by atoms with Gasteiger partial charge in [0.15, 0.2) is 0 Å². The highest BCUT2D eigenvalue weighted by Crippen LogP contribution is 2.09. The predicted molar refractivity (Wildman–Crippen MR) is 65.4 cm³/mol. The lowest BCUT2D eigenvalue weighted by Gasteiger charge is -2.32. The Labute approximate surface area is 97.3 Å². The van der Waals surface area contributed by atoms with Crippen molar-refractivity contribution in [3.05, 3.63) is 24.0 Å². The fraction of sp³-hybridized carbons (Fsp3) is 0.583. The Morgan fingerprint density at radius 2 is 2.06 bits per heavy atom. The zero-order valence-electron chi connectivity index (χ0n) is 10.5. The first-order chi connectivity index (χ1) is 7.42. The zero-order valence-corrected chi connectivity index (χ0v) is 10.5. The zero-order chi connectivity index (χ0) is 12.2. The highest BCUT2D eigenvalue weighted by atomic mass is 16.3. The van der Waals surface area contributed by atoms with Crippen molar-refractivity contribution in [2.45, 2.75) is 25.9 Å². The summed E-state index contributed by atoms with van der Waals surface area (Å²) in [6.45, 7) is 5.98. The Hall–Kier alpha value is -1.13. The first-order valence-corrected chi connectivity index (χ1v) is 5.44. The van der Waals surface area contributed by atoms with Gasteiger partial charge in [0.25, 0.3) is 0 Å². The van der Waals surface area contributed by atoms with Gasteiger partial charge < -0.3 is 15.3 Å². The number of nitrogens with one attached hydrogen (secondary N) is 1. The van der Waals surface area contributed by atoms with E-state index < -0.39 is 0 Å². The van der Waals surface area contributed by atoms with E-state index in [4.69, 9.17) is 5.11 Å². The van der Waals surface area contributed by atoms with Crippen LogP contribution in [0.3, 0.4) is 0 Å². The molecule has 16 heavy (non-hydrogen) atoms. The second kappa shape index (κ2) is 5.27. The molecule has 1 rings (SSSR count). The van der Waals surface area contributed by atoms with Gasteiger partial charge in [0.05, 0.1) is 11.9 Å². The van der Waals surface area contributed by atoms with Gasteiger partial charge in [0.1, 0.15) is 5.75 Å². The summed E-state index contributed by atoms with van der Waals surface area (Å²) in [6, 6.07) is 3.48. The molecule has 2 N–H and O–H groups in total. The molecule has 0 aromatic carbocycles. The summed E-state index contributed by atoms with van der Waals surface area (Å²) in [4.78, 5) is 6.30. The molecule has 0 spiro atoms. The summed E-state index contributed by atoms with van der Waals surface area (Å²) >= 11 is 0. The van der Waals surface area contributed by atoms with Gasteiger partial charge in [0.2, 0.25) is 0 Å². The van der Waals surface area contributed by atoms with Gasteiger partial charge in [-0.25, -0.2) is 0 Å². The maximum absolute atomic E-state index is 9.09. The third kappa shape index (κ3) is 3.79. The van der Waals surface area contributed by atoms with Crippen LogP contribution in [0.2, 0.25) is 0 Å². The molecule has 0 atom stereocenters. The molecular weight excluding hydrogens is 202 g/mol. The van der Waals surface area contributed by atoms with E-state index in [0.717, 1.165) is 18.8 Å². The number of rotatable bonds is 5. The maximum Gasteiger partial charge on any atom is 0.133 e. The third-order valence-electron chi connectivity index (χ3n) is 2.88. The lowest BCUT2D eigenvalue weighted by atomic mass is 10.0. The molecule has 4 heteroatoms. The molecule has 0 saturated carbocycles. The molecule has 1 heterocycles. The third-order valence-corrected chi connectivity index (χ3v) is 2.88. The van der Waals surface area contributed by atoms with E-state index in [1.807, 2.05) is 6.07 Å². The molecule has 0 bridgehead atoms. The molecule has 1 aromatic heterocycles. The summed E-state index contributed by atoms with van der Waals surface area (Å²) in [7, 11) is 4.14. The fourth-order valence-corrected chi connectivity index (χ4v) is 1.18. The molecule has 0 aliphatic carbocycles. The summed E-state index contributed by atoms with van der Waals surface area (Å²) < 4.78 is 0.